The monoisotopic (exact) mass is 257 g/mol. The van der Waals surface area contributed by atoms with Gasteiger partial charge >= 0.3 is 29.6 Å². The van der Waals surface area contributed by atoms with Crippen LogP contribution in [0.5, 0.6) is 0 Å². The molecule has 0 rings (SSSR count). The second-order valence-electron chi connectivity index (χ2n) is 0. The molecule has 0 aliphatic heterocycles. The van der Waals surface area contributed by atoms with Gasteiger partial charge in [-0.15, -0.1) is 0 Å². The van der Waals surface area contributed by atoms with Crippen LogP contribution in [0.25, 0.3) is 0 Å². The minimum atomic E-state index is 0. The maximum atomic E-state index is 7.00. The topological polar surface area (TPSA) is 101 Å². The number of hydrogen-bond acceptors (Lipinski definition) is 5. The standard InChI is InChI=1S/5CH4O.Ge.Na/c5*1-2;;/h5*2H,1H3;;/q;;;;;;+1. The summed E-state index contributed by atoms with van der Waals surface area (Å²) in [4.78, 5) is 0. The van der Waals surface area contributed by atoms with Crippen molar-refractivity contribution in [3.05, 3.63) is 0 Å². The summed E-state index contributed by atoms with van der Waals surface area (Å²) in [5.41, 5.74) is 0. The summed E-state index contributed by atoms with van der Waals surface area (Å²) < 4.78 is 0. The van der Waals surface area contributed by atoms with Gasteiger partial charge in [-0.25, -0.2) is 0 Å². The Morgan fingerprint density at radius 1 is 0.417 bits per heavy atom. The van der Waals surface area contributed by atoms with E-state index in [2.05, 4.69) is 0 Å². The molecule has 0 atom stereocenters. The minimum Gasteiger partial charge on any atom is -0.400 e. The van der Waals surface area contributed by atoms with Crippen molar-refractivity contribution in [2.45, 2.75) is 0 Å². The first-order chi connectivity index (χ1) is 5.00. The smallest absolute Gasteiger partial charge is 0.400 e. The summed E-state index contributed by atoms with van der Waals surface area (Å²) >= 11 is 0. The molecule has 0 aliphatic rings. The fraction of sp³-hybridized carbons (Fsp3) is 1.00. The maximum absolute atomic E-state index is 7.00. The average molecular weight is 256 g/mol. The van der Waals surface area contributed by atoms with Gasteiger partial charge in [-0.3, -0.25) is 0 Å². The summed E-state index contributed by atoms with van der Waals surface area (Å²) in [6, 6.07) is 0. The van der Waals surface area contributed by atoms with Crippen LogP contribution < -0.4 is 29.6 Å². The van der Waals surface area contributed by atoms with E-state index in [1.807, 2.05) is 0 Å². The van der Waals surface area contributed by atoms with Crippen molar-refractivity contribution in [3.63, 3.8) is 0 Å². The molecule has 0 heterocycles. The van der Waals surface area contributed by atoms with E-state index >= 15 is 0 Å². The van der Waals surface area contributed by atoms with Crippen molar-refractivity contribution in [1.29, 1.82) is 0 Å². The van der Waals surface area contributed by atoms with E-state index in [4.69, 9.17) is 25.5 Å². The van der Waals surface area contributed by atoms with E-state index in [9.17, 15) is 0 Å². The number of aliphatic hydroxyl groups excluding tert-OH is 5. The van der Waals surface area contributed by atoms with Crippen LogP contribution in [0.15, 0.2) is 0 Å². The molecule has 0 saturated heterocycles. The fourth-order valence-electron chi connectivity index (χ4n) is 0. The first-order valence-corrected chi connectivity index (χ1v) is 2.24. The van der Waals surface area contributed by atoms with Crippen molar-refractivity contribution in [2.75, 3.05) is 35.5 Å². The Balaban J connectivity index is -0.00000000500. The molecule has 5 nitrogen and oxygen atoms in total. The van der Waals surface area contributed by atoms with E-state index in [0.717, 1.165) is 35.5 Å². The molecule has 12 heavy (non-hydrogen) atoms. The van der Waals surface area contributed by atoms with Gasteiger partial charge in [0.1, 0.15) is 0 Å². The third-order valence-corrected chi connectivity index (χ3v) is 0. The minimum absolute atomic E-state index is 0. The van der Waals surface area contributed by atoms with Gasteiger partial charge in [0.2, 0.25) is 0 Å². The molecule has 0 spiro atoms. The van der Waals surface area contributed by atoms with Gasteiger partial charge in [0.15, 0.2) is 0 Å². The van der Waals surface area contributed by atoms with Gasteiger partial charge in [-0.1, -0.05) is 0 Å². The summed E-state index contributed by atoms with van der Waals surface area (Å²) in [5, 5.41) is 35.0. The maximum Gasteiger partial charge on any atom is 1.00 e. The van der Waals surface area contributed by atoms with Crippen molar-refractivity contribution < 1.29 is 55.1 Å². The average Bonchev–Trinajstić information content (AvgIpc) is 2.20. The molecule has 74 valence electrons. The van der Waals surface area contributed by atoms with Crippen LogP contribution in [-0.4, -0.2) is 78.7 Å². The fourth-order valence-corrected chi connectivity index (χ4v) is 0. The zero-order valence-electron chi connectivity index (χ0n) is 8.74. The molecule has 7 heteroatoms. The molecule has 0 amide bonds. The molecular formula is C5H20GeNaO5+. The van der Waals surface area contributed by atoms with Crippen LogP contribution in [0.1, 0.15) is 0 Å². The predicted octanol–water partition coefficient (Wildman–Crippen LogP) is -5.33. The number of aliphatic hydroxyl groups is 5. The molecule has 0 aliphatic carbocycles. The first-order valence-electron chi connectivity index (χ1n) is 2.24. The Kier molecular flexibility index (Phi) is 3710. The molecule has 0 fully saturated rings. The Morgan fingerprint density at radius 3 is 0.417 bits per heavy atom. The van der Waals surface area contributed by atoms with E-state index in [1.54, 1.807) is 0 Å². The summed E-state index contributed by atoms with van der Waals surface area (Å²) in [7, 11) is 5.00. The van der Waals surface area contributed by atoms with Gasteiger partial charge in [-0.05, 0) is 0 Å². The van der Waals surface area contributed by atoms with Crippen LogP contribution in [0.4, 0.5) is 0 Å². The van der Waals surface area contributed by atoms with E-state index < -0.39 is 0 Å². The van der Waals surface area contributed by atoms with Crippen molar-refractivity contribution in [2.24, 2.45) is 0 Å². The van der Waals surface area contributed by atoms with Crippen molar-refractivity contribution in [3.8, 4) is 0 Å². The molecule has 4 radical (unpaired) electrons. The zero-order chi connectivity index (χ0) is 10.0. The van der Waals surface area contributed by atoms with Crippen molar-refractivity contribution >= 4 is 17.6 Å². The normalized spacial score (nSPS) is 2.50. The Hall–Kier alpha value is 1.34. The molecular weight excluding hydrogens is 236 g/mol. The van der Waals surface area contributed by atoms with Crippen molar-refractivity contribution in [1.82, 2.24) is 0 Å². The van der Waals surface area contributed by atoms with Crippen LogP contribution in [0.2, 0.25) is 0 Å². The van der Waals surface area contributed by atoms with Gasteiger partial charge in [-0.2, -0.15) is 0 Å². The summed E-state index contributed by atoms with van der Waals surface area (Å²) in [6.45, 7) is 0. The van der Waals surface area contributed by atoms with Crippen LogP contribution >= 0.6 is 0 Å². The quantitative estimate of drug-likeness (QED) is 0.278. The first kappa shape index (κ1) is 50.5. The Morgan fingerprint density at radius 2 is 0.417 bits per heavy atom. The second-order valence-corrected chi connectivity index (χ2v) is 0. The largest absolute Gasteiger partial charge is 1.00 e. The van der Waals surface area contributed by atoms with Gasteiger partial charge in [0, 0.05) is 53.1 Å². The molecule has 5 N–H and O–H groups in total. The zero-order valence-corrected chi connectivity index (χ0v) is 12.8. The van der Waals surface area contributed by atoms with E-state index in [-0.39, 0.29) is 47.2 Å². The SMILES string of the molecule is CO.CO.CO.CO.CO.[Ge].[Na+]. The Labute approximate surface area is 108 Å². The third-order valence-electron chi connectivity index (χ3n) is 0. The molecule has 0 aromatic rings. The van der Waals surface area contributed by atoms with Crippen LogP contribution in [0, 0.1) is 0 Å². The molecule has 0 unspecified atom stereocenters. The van der Waals surface area contributed by atoms with Crippen LogP contribution in [-0.2, 0) is 0 Å². The van der Waals surface area contributed by atoms with Crippen LogP contribution in [0.3, 0.4) is 0 Å². The van der Waals surface area contributed by atoms with Gasteiger partial charge in [0.05, 0.1) is 0 Å². The number of rotatable bonds is 0. The third kappa shape index (κ3) is 673. The van der Waals surface area contributed by atoms with E-state index in [0.29, 0.717) is 0 Å². The van der Waals surface area contributed by atoms with Gasteiger partial charge < -0.3 is 25.5 Å². The second kappa shape index (κ2) is 881. The molecule has 0 aromatic heterocycles. The summed E-state index contributed by atoms with van der Waals surface area (Å²) in [5.74, 6) is 0. The molecule has 0 aromatic carbocycles. The summed E-state index contributed by atoms with van der Waals surface area (Å²) in [6.07, 6.45) is 0. The van der Waals surface area contributed by atoms with Gasteiger partial charge in [0.25, 0.3) is 0 Å². The Bertz CT molecular complexity index is 19.8. The molecule has 0 bridgehead atoms. The number of hydrogen-bond donors (Lipinski definition) is 5. The molecule has 0 saturated carbocycles. The van der Waals surface area contributed by atoms with E-state index in [1.165, 1.54) is 0 Å². The predicted molar refractivity (Wildman–Crippen MR) is 46.5 cm³/mol.